The number of aliphatic hydroxyl groups is 3. The third kappa shape index (κ3) is 4.50. The summed E-state index contributed by atoms with van der Waals surface area (Å²) < 4.78 is 23.1. The van der Waals surface area contributed by atoms with Crippen LogP contribution in [-0.2, 0) is 18.9 Å². The highest BCUT2D eigenvalue weighted by atomic mass is 16.7. The Balaban J connectivity index is 1.74. The summed E-state index contributed by atoms with van der Waals surface area (Å²) in [5.41, 5.74) is 24.1. The fourth-order valence-electron chi connectivity index (χ4n) is 4.02. The summed E-state index contributed by atoms with van der Waals surface area (Å²) in [4.78, 5) is 0. The number of nitrogens with two attached hydrogens (primary N) is 4. The summed E-state index contributed by atoms with van der Waals surface area (Å²) in [5, 5.41) is 30.7. The Bertz CT molecular complexity index is 518. The first-order chi connectivity index (χ1) is 13.2. The van der Waals surface area contributed by atoms with Gasteiger partial charge in [-0.1, -0.05) is 0 Å². The lowest BCUT2D eigenvalue weighted by atomic mass is 9.84. The highest BCUT2D eigenvalue weighted by Crippen LogP contribution is 2.31. The zero-order valence-corrected chi connectivity index (χ0v) is 16.0. The smallest absolute Gasteiger partial charge is 0.187 e. The average molecular weight is 406 g/mol. The van der Waals surface area contributed by atoms with Gasteiger partial charge in [0.1, 0.15) is 24.4 Å². The molecule has 11 N–H and O–H groups in total. The van der Waals surface area contributed by atoms with E-state index in [1.54, 1.807) is 6.92 Å². The summed E-state index contributed by atoms with van der Waals surface area (Å²) in [6.45, 7) is 1.95. The van der Waals surface area contributed by atoms with Gasteiger partial charge in [-0.25, -0.2) is 0 Å². The van der Waals surface area contributed by atoms with E-state index in [-0.39, 0.29) is 12.1 Å². The van der Waals surface area contributed by atoms with Gasteiger partial charge in [0, 0.05) is 18.6 Å². The zero-order valence-electron chi connectivity index (χ0n) is 16.0. The maximum Gasteiger partial charge on any atom is 0.187 e. The molecule has 2 heterocycles. The molecule has 0 aromatic rings. The van der Waals surface area contributed by atoms with Crippen LogP contribution >= 0.6 is 0 Å². The molecule has 0 spiro atoms. The number of aliphatic hydroxyl groups excluding tert-OH is 3. The van der Waals surface area contributed by atoms with Gasteiger partial charge in [0.15, 0.2) is 12.6 Å². The van der Waals surface area contributed by atoms with Gasteiger partial charge in [-0.3, -0.25) is 0 Å². The highest BCUT2D eigenvalue weighted by molar-refractivity contribution is 5.00. The first-order valence-electron chi connectivity index (χ1n) is 9.85. The van der Waals surface area contributed by atoms with E-state index < -0.39 is 61.3 Å². The second-order valence-corrected chi connectivity index (χ2v) is 8.05. The minimum absolute atomic E-state index is 0.174. The Hall–Kier alpha value is -0.440. The van der Waals surface area contributed by atoms with Crippen LogP contribution in [0.25, 0.3) is 0 Å². The van der Waals surface area contributed by atoms with Gasteiger partial charge in [0.25, 0.3) is 0 Å². The van der Waals surface area contributed by atoms with Crippen molar-refractivity contribution in [3.63, 3.8) is 0 Å². The molecule has 3 rings (SSSR count). The Kier molecular flexibility index (Phi) is 7.27. The lowest BCUT2D eigenvalue weighted by Crippen LogP contribution is -2.65. The summed E-state index contributed by atoms with van der Waals surface area (Å²) in [6.07, 6.45) is -6.27. The van der Waals surface area contributed by atoms with E-state index in [0.29, 0.717) is 19.4 Å². The van der Waals surface area contributed by atoms with Crippen LogP contribution in [0.5, 0.6) is 0 Å². The molecule has 1 saturated carbocycles. The molecule has 11 heteroatoms. The average Bonchev–Trinajstić information content (AvgIpc) is 2.90. The van der Waals surface area contributed by atoms with Crippen LogP contribution in [0.1, 0.15) is 26.2 Å². The van der Waals surface area contributed by atoms with Crippen molar-refractivity contribution < 1.29 is 34.3 Å². The molecular weight excluding hydrogens is 372 g/mol. The SMILES string of the molecule is CC1OC(OC2C(O)C(N)CC(N)C2OC2OC(CN)CCC2N)C(O)C1O. The van der Waals surface area contributed by atoms with Gasteiger partial charge in [0.2, 0.25) is 0 Å². The van der Waals surface area contributed by atoms with Crippen LogP contribution in [0.3, 0.4) is 0 Å². The fraction of sp³-hybridized carbons (Fsp3) is 1.00. The van der Waals surface area contributed by atoms with Crippen LogP contribution in [0.4, 0.5) is 0 Å². The van der Waals surface area contributed by atoms with E-state index in [4.69, 9.17) is 41.9 Å². The van der Waals surface area contributed by atoms with Crippen molar-refractivity contribution in [3.8, 4) is 0 Å². The van der Waals surface area contributed by atoms with Crippen molar-refractivity contribution in [2.75, 3.05) is 6.54 Å². The first kappa shape index (κ1) is 22.2. The highest BCUT2D eigenvalue weighted by Gasteiger charge is 2.50. The van der Waals surface area contributed by atoms with Crippen LogP contribution < -0.4 is 22.9 Å². The summed E-state index contributed by atoms with van der Waals surface area (Å²) in [5.74, 6) is 0. The molecule has 12 unspecified atom stereocenters. The molecule has 0 amide bonds. The largest absolute Gasteiger partial charge is 0.389 e. The molecule has 2 saturated heterocycles. The van der Waals surface area contributed by atoms with E-state index in [1.807, 2.05) is 0 Å². The number of rotatable bonds is 5. The van der Waals surface area contributed by atoms with Gasteiger partial charge in [-0.2, -0.15) is 0 Å². The molecule has 3 aliphatic rings. The van der Waals surface area contributed by atoms with Crippen LogP contribution in [-0.4, -0.2) is 95.3 Å². The van der Waals surface area contributed by atoms with Gasteiger partial charge < -0.3 is 57.2 Å². The van der Waals surface area contributed by atoms with Gasteiger partial charge in [0.05, 0.1) is 24.4 Å². The van der Waals surface area contributed by atoms with E-state index in [2.05, 4.69) is 0 Å². The summed E-state index contributed by atoms with van der Waals surface area (Å²) >= 11 is 0. The quantitative estimate of drug-likeness (QED) is 0.238. The lowest BCUT2D eigenvalue weighted by molar-refractivity contribution is -0.286. The Morgan fingerprint density at radius 3 is 2.11 bits per heavy atom. The number of hydrogen-bond donors (Lipinski definition) is 7. The second kappa shape index (κ2) is 9.14. The number of hydrogen-bond acceptors (Lipinski definition) is 11. The summed E-state index contributed by atoms with van der Waals surface area (Å²) in [7, 11) is 0. The molecule has 0 bridgehead atoms. The lowest BCUT2D eigenvalue weighted by Gasteiger charge is -2.45. The minimum atomic E-state index is -1.27. The van der Waals surface area contributed by atoms with Gasteiger partial charge in [-0.15, -0.1) is 0 Å². The van der Waals surface area contributed by atoms with Crippen molar-refractivity contribution in [1.29, 1.82) is 0 Å². The molecular formula is C17H34N4O7. The van der Waals surface area contributed by atoms with Crippen molar-refractivity contribution >= 4 is 0 Å². The molecule has 0 radical (unpaired) electrons. The van der Waals surface area contributed by atoms with Crippen molar-refractivity contribution in [2.24, 2.45) is 22.9 Å². The third-order valence-electron chi connectivity index (χ3n) is 5.87. The Labute approximate surface area is 164 Å². The standard InChI is InChI=1S/C17H34N4O7/c1-6-11(22)13(24)17(25-6)28-15-12(23)9(20)4-10(21)14(15)27-16-8(19)3-2-7(5-18)26-16/h6-17,22-24H,2-5,18-21H2,1H3. The molecule has 3 fully saturated rings. The van der Waals surface area contributed by atoms with Gasteiger partial charge in [-0.05, 0) is 26.2 Å². The van der Waals surface area contributed by atoms with Crippen LogP contribution in [0.2, 0.25) is 0 Å². The monoisotopic (exact) mass is 406 g/mol. The Morgan fingerprint density at radius 2 is 1.50 bits per heavy atom. The van der Waals surface area contributed by atoms with E-state index in [9.17, 15) is 15.3 Å². The molecule has 2 aliphatic heterocycles. The van der Waals surface area contributed by atoms with Crippen LogP contribution in [0.15, 0.2) is 0 Å². The minimum Gasteiger partial charge on any atom is -0.389 e. The molecule has 0 aromatic carbocycles. The molecule has 1 aliphatic carbocycles. The molecule has 12 atom stereocenters. The van der Waals surface area contributed by atoms with Crippen molar-refractivity contribution in [1.82, 2.24) is 0 Å². The van der Waals surface area contributed by atoms with E-state index >= 15 is 0 Å². The van der Waals surface area contributed by atoms with E-state index in [0.717, 1.165) is 6.42 Å². The Morgan fingerprint density at radius 1 is 0.821 bits per heavy atom. The first-order valence-corrected chi connectivity index (χ1v) is 9.85. The van der Waals surface area contributed by atoms with Crippen molar-refractivity contribution in [3.05, 3.63) is 0 Å². The maximum absolute atomic E-state index is 10.6. The topological polar surface area (TPSA) is 202 Å². The maximum atomic E-state index is 10.6. The fourth-order valence-corrected chi connectivity index (χ4v) is 4.02. The molecule has 0 aromatic heterocycles. The molecule has 28 heavy (non-hydrogen) atoms. The molecule has 11 nitrogen and oxygen atoms in total. The summed E-state index contributed by atoms with van der Waals surface area (Å²) in [6, 6.07) is -1.57. The number of ether oxygens (including phenoxy) is 4. The normalized spacial score (nSPS) is 52.7. The van der Waals surface area contributed by atoms with Crippen molar-refractivity contribution in [2.45, 2.75) is 99.6 Å². The third-order valence-corrected chi connectivity index (χ3v) is 5.87. The van der Waals surface area contributed by atoms with Crippen LogP contribution in [0, 0.1) is 0 Å². The second-order valence-electron chi connectivity index (χ2n) is 8.05. The predicted octanol–water partition coefficient (Wildman–Crippen LogP) is -3.57. The molecule has 164 valence electrons. The zero-order chi connectivity index (χ0) is 20.6. The predicted molar refractivity (Wildman–Crippen MR) is 97.6 cm³/mol. The van der Waals surface area contributed by atoms with Gasteiger partial charge >= 0.3 is 0 Å². The van der Waals surface area contributed by atoms with E-state index in [1.165, 1.54) is 0 Å².